The van der Waals surface area contributed by atoms with Crippen LogP contribution < -0.4 is 16.4 Å². The third kappa shape index (κ3) is 2.65. The van der Waals surface area contributed by atoms with Crippen LogP contribution in [0, 0.1) is 0 Å². The van der Waals surface area contributed by atoms with Gasteiger partial charge in [-0.05, 0) is 30.9 Å². The van der Waals surface area contributed by atoms with Crippen LogP contribution in [0.1, 0.15) is 52.0 Å². The lowest BCUT2D eigenvalue weighted by Gasteiger charge is -2.44. The van der Waals surface area contributed by atoms with Gasteiger partial charge in [0.25, 0.3) is 11.8 Å². The minimum atomic E-state index is -0.959. The summed E-state index contributed by atoms with van der Waals surface area (Å²) in [5.41, 5.74) is 6.76. The van der Waals surface area contributed by atoms with Gasteiger partial charge in [-0.3, -0.25) is 29.4 Å². The number of benzene rings is 1. The smallest absolute Gasteiger partial charge is 0.262 e. The van der Waals surface area contributed by atoms with E-state index < -0.39 is 23.8 Å². The predicted octanol–water partition coefficient (Wildman–Crippen LogP) is -0.562. The molecule has 4 aliphatic heterocycles. The largest absolute Gasteiger partial charge is 0.372 e. The summed E-state index contributed by atoms with van der Waals surface area (Å²) in [6, 6.07) is 4.19. The molecule has 4 fully saturated rings. The molecule has 29 heavy (non-hydrogen) atoms. The van der Waals surface area contributed by atoms with E-state index in [1.807, 2.05) is 6.07 Å². The van der Waals surface area contributed by atoms with Gasteiger partial charge >= 0.3 is 0 Å². The monoisotopic (exact) mass is 398 g/mol. The number of piperidine rings is 1. The molecule has 1 aliphatic carbocycles. The zero-order chi connectivity index (χ0) is 20.4. The zero-order valence-corrected chi connectivity index (χ0v) is 15.8. The predicted molar refractivity (Wildman–Crippen MR) is 99.7 cm³/mol. The third-order valence-electron chi connectivity index (χ3n) is 6.56. The second-order valence-corrected chi connectivity index (χ2v) is 8.45. The number of imide groups is 2. The molecule has 1 atom stereocenters. The topological polar surface area (TPSA) is 131 Å². The van der Waals surface area contributed by atoms with Gasteiger partial charge < -0.3 is 15.8 Å². The molecule has 5 aliphatic rings. The second-order valence-electron chi connectivity index (χ2n) is 8.45. The lowest BCUT2D eigenvalue weighted by molar-refractivity contribution is -0.136. The SMILES string of the molecule is NCC12CC(NCc3cccc4c3C(=O)N(C3CCC(=O)NC3=O)C4=O)(CO1)C2. The number of hydrogen-bond donors (Lipinski definition) is 3. The van der Waals surface area contributed by atoms with Crippen LogP contribution in [-0.4, -0.2) is 58.9 Å². The molecule has 0 spiro atoms. The van der Waals surface area contributed by atoms with E-state index in [0.29, 0.717) is 36.4 Å². The van der Waals surface area contributed by atoms with Crippen LogP contribution in [0.3, 0.4) is 0 Å². The van der Waals surface area contributed by atoms with E-state index in [1.165, 1.54) is 0 Å². The van der Waals surface area contributed by atoms with Crippen molar-refractivity contribution in [3.05, 3.63) is 34.9 Å². The molecule has 1 aromatic rings. The van der Waals surface area contributed by atoms with Crippen molar-refractivity contribution in [2.24, 2.45) is 5.73 Å². The van der Waals surface area contributed by atoms with Crippen molar-refractivity contribution >= 4 is 23.6 Å². The van der Waals surface area contributed by atoms with Crippen LogP contribution in [0.4, 0.5) is 0 Å². The van der Waals surface area contributed by atoms with Gasteiger partial charge in [-0.25, -0.2) is 0 Å². The van der Waals surface area contributed by atoms with E-state index in [1.54, 1.807) is 12.1 Å². The minimum absolute atomic E-state index is 0.101. The van der Waals surface area contributed by atoms with Crippen molar-refractivity contribution in [1.82, 2.24) is 15.5 Å². The first-order chi connectivity index (χ1) is 13.9. The number of carbonyl (C=O) groups excluding carboxylic acids is 4. The molecular formula is C20H22N4O5. The lowest BCUT2D eigenvalue weighted by atomic mass is 9.68. The van der Waals surface area contributed by atoms with E-state index in [4.69, 9.17) is 10.5 Å². The fraction of sp³-hybridized carbons (Fsp3) is 0.500. The number of nitrogens with two attached hydrogens (primary N) is 1. The van der Waals surface area contributed by atoms with Crippen molar-refractivity contribution in [1.29, 1.82) is 0 Å². The molecule has 1 saturated carbocycles. The fourth-order valence-electron chi connectivity index (χ4n) is 5.07. The molecule has 152 valence electrons. The number of ether oxygens (including phenoxy) is 1. The van der Waals surface area contributed by atoms with Crippen molar-refractivity contribution in [2.45, 2.75) is 49.4 Å². The maximum Gasteiger partial charge on any atom is 0.262 e. The van der Waals surface area contributed by atoms with Crippen LogP contribution in [0.5, 0.6) is 0 Å². The van der Waals surface area contributed by atoms with Crippen molar-refractivity contribution in [2.75, 3.05) is 13.2 Å². The molecular weight excluding hydrogens is 376 g/mol. The van der Waals surface area contributed by atoms with Gasteiger partial charge in [0, 0.05) is 25.0 Å². The maximum atomic E-state index is 13.1. The van der Waals surface area contributed by atoms with Crippen molar-refractivity contribution in [3.63, 3.8) is 0 Å². The van der Waals surface area contributed by atoms with Crippen LogP contribution in [0.15, 0.2) is 18.2 Å². The first kappa shape index (κ1) is 18.4. The second kappa shape index (κ2) is 6.19. The standard InChI is InChI=1S/C20H22N4O5/c21-9-20-7-19(8-20,10-29-20)22-6-11-2-1-3-12-15(11)18(28)24(17(12)27)13-4-5-14(25)23-16(13)26/h1-3,13,22H,4-10,21H2,(H,23,25,26). The van der Waals surface area contributed by atoms with Gasteiger partial charge in [0.1, 0.15) is 6.04 Å². The van der Waals surface area contributed by atoms with Crippen LogP contribution >= 0.6 is 0 Å². The first-order valence-corrected chi connectivity index (χ1v) is 9.80. The Morgan fingerprint density at radius 3 is 2.69 bits per heavy atom. The van der Waals surface area contributed by atoms with Crippen molar-refractivity contribution in [3.8, 4) is 0 Å². The minimum Gasteiger partial charge on any atom is -0.372 e. The first-order valence-electron chi connectivity index (χ1n) is 9.80. The summed E-state index contributed by atoms with van der Waals surface area (Å²) < 4.78 is 5.81. The lowest BCUT2D eigenvalue weighted by Crippen LogP contribution is -2.60. The average molecular weight is 398 g/mol. The number of rotatable bonds is 5. The van der Waals surface area contributed by atoms with E-state index in [0.717, 1.165) is 17.7 Å². The number of fused-ring (bicyclic) bond motifs is 2. The van der Waals surface area contributed by atoms with E-state index in [-0.39, 0.29) is 29.9 Å². The fourth-order valence-corrected chi connectivity index (χ4v) is 5.07. The summed E-state index contributed by atoms with van der Waals surface area (Å²) in [5.74, 6) is -1.97. The Labute approximate surface area is 166 Å². The molecule has 3 saturated heterocycles. The molecule has 1 aromatic carbocycles. The summed E-state index contributed by atoms with van der Waals surface area (Å²) in [5, 5.41) is 5.70. The Balaban J connectivity index is 1.37. The highest BCUT2D eigenvalue weighted by Crippen LogP contribution is 2.51. The van der Waals surface area contributed by atoms with Gasteiger partial charge in [-0.2, -0.15) is 0 Å². The van der Waals surface area contributed by atoms with Crippen molar-refractivity contribution < 1.29 is 23.9 Å². The zero-order valence-electron chi connectivity index (χ0n) is 15.8. The molecule has 2 bridgehead atoms. The summed E-state index contributed by atoms with van der Waals surface area (Å²) in [6.07, 6.45) is 1.91. The average Bonchev–Trinajstić information content (AvgIpc) is 3.31. The van der Waals surface area contributed by atoms with Gasteiger partial charge in [0.2, 0.25) is 11.8 Å². The Morgan fingerprint density at radius 1 is 1.21 bits per heavy atom. The van der Waals surface area contributed by atoms with E-state index in [9.17, 15) is 19.2 Å². The quantitative estimate of drug-likeness (QED) is 0.567. The summed E-state index contributed by atoms with van der Waals surface area (Å²) in [6.45, 7) is 1.48. The van der Waals surface area contributed by atoms with Crippen LogP contribution in [-0.2, 0) is 20.9 Å². The van der Waals surface area contributed by atoms with Gasteiger partial charge in [0.15, 0.2) is 0 Å². The number of hydrogen-bond acceptors (Lipinski definition) is 7. The summed E-state index contributed by atoms with van der Waals surface area (Å²) >= 11 is 0. The molecule has 0 radical (unpaired) electrons. The Hall–Kier alpha value is -2.62. The highest BCUT2D eigenvalue weighted by atomic mass is 16.5. The molecule has 9 nitrogen and oxygen atoms in total. The molecule has 4 N–H and O–H groups in total. The molecule has 6 rings (SSSR count). The normalized spacial score (nSPS) is 33.0. The number of amides is 4. The van der Waals surface area contributed by atoms with Gasteiger partial charge in [-0.1, -0.05) is 12.1 Å². The van der Waals surface area contributed by atoms with E-state index in [2.05, 4.69) is 10.6 Å². The molecule has 1 unspecified atom stereocenters. The molecule has 4 amide bonds. The van der Waals surface area contributed by atoms with E-state index >= 15 is 0 Å². The summed E-state index contributed by atoms with van der Waals surface area (Å²) in [4.78, 5) is 50.6. The highest BCUT2D eigenvalue weighted by Gasteiger charge is 2.61. The Morgan fingerprint density at radius 2 is 2.00 bits per heavy atom. The maximum absolute atomic E-state index is 13.1. The van der Waals surface area contributed by atoms with Crippen LogP contribution in [0.25, 0.3) is 0 Å². The Bertz CT molecular complexity index is 952. The number of nitrogens with one attached hydrogen (secondary N) is 2. The van der Waals surface area contributed by atoms with Gasteiger partial charge in [0.05, 0.1) is 23.3 Å². The Kier molecular flexibility index (Phi) is 3.93. The third-order valence-corrected chi connectivity index (χ3v) is 6.56. The molecule has 9 heteroatoms. The van der Waals surface area contributed by atoms with Gasteiger partial charge in [-0.15, -0.1) is 0 Å². The molecule has 4 heterocycles. The summed E-state index contributed by atoms with van der Waals surface area (Å²) in [7, 11) is 0. The highest BCUT2D eigenvalue weighted by molar-refractivity contribution is 6.24. The number of carbonyl (C=O) groups is 4. The number of nitrogens with zero attached hydrogens (tertiary/aromatic N) is 1. The van der Waals surface area contributed by atoms with Crippen LogP contribution in [0.2, 0.25) is 0 Å². The molecule has 0 aromatic heterocycles.